The van der Waals surface area contributed by atoms with Crippen LogP contribution in [0.4, 0.5) is 0 Å². The maximum atomic E-state index is 13.2. The van der Waals surface area contributed by atoms with Crippen LogP contribution in [0.25, 0.3) is 44.1 Å². The van der Waals surface area contributed by atoms with Gasteiger partial charge >= 0.3 is 5.69 Å². The van der Waals surface area contributed by atoms with Crippen LogP contribution in [0.1, 0.15) is 25.8 Å². The molecule has 2 N–H and O–H groups in total. The number of hydrogen-bond donors (Lipinski definition) is 2. The van der Waals surface area contributed by atoms with Gasteiger partial charge < -0.3 is 10.0 Å². The molecular weight excluding hydrogens is 468 g/mol. The van der Waals surface area contributed by atoms with Gasteiger partial charge in [0.05, 0.1) is 33.7 Å². The van der Waals surface area contributed by atoms with Crippen LogP contribution in [0.3, 0.4) is 0 Å². The Bertz CT molecular complexity index is 1800. The molecule has 6 rings (SSSR count). The van der Waals surface area contributed by atoms with Crippen molar-refractivity contribution < 1.29 is 5.11 Å². The first kappa shape index (κ1) is 23.1. The third kappa shape index (κ3) is 3.97. The molecule has 1 aliphatic heterocycles. The number of para-hydroxylation sites is 1. The minimum Gasteiger partial charge on any atom is -0.387 e. The Hall–Kier alpha value is -4.37. The van der Waals surface area contributed by atoms with E-state index in [2.05, 4.69) is 21.5 Å². The van der Waals surface area contributed by atoms with Crippen molar-refractivity contribution in [2.45, 2.75) is 31.9 Å². The van der Waals surface area contributed by atoms with Gasteiger partial charge in [-0.05, 0) is 44.0 Å². The van der Waals surface area contributed by atoms with Crippen LogP contribution in [-0.2, 0) is 0 Å². The van der Waals surface area contributed by atoms with Gasteiger partial charge in [0.2, 0.25) is 0 Å². The quantitative estimate of drug-likeness (QED) is 0.368. The second-order valence-electron chi connectivity index (χ2n) is 9.52. The fourth-order valence-corrected chi connectivity index (χ4v) is 5.19. The van der Waals surface area contributed by atoms with Crippen molar-refractivity contribution in [3.63, 3.8) is 0 Å². The van der Waals surface area contributed by atoms with Crippen molar-refractivity contribution in [1.29, 1.82) is 0 Å². The van der Waals surface area contributed by atoms with Gasteiger partial charge in [-0.15, -0.1) is 0 Å². The van der Waals surface area contributed by atoms with Gasteiger partial charge in [-0.3, -0.25) is 24.3 Å². The van der Waals surface area contributed by atoms with E-state index >= 15 is 0 Å². The number of rotatable bonds is 4. The number of H-pyrrole nitrogens is 1. The summed E-state index contributed by atoms with van der Waals surface area (Å²) in [4.78, 5) is 44.4. The van der Waals surface area contributed by atoms with Crippen LogP contribution in [0.15, 0.2) is 76.7 Å². The lowest BCUT2D eigenvalue weighted by atomic mass is 10.0. The lowest BCUT2D eigenvalue weighted by Crippen LogP contribution is -2.40. The van der Waals surface area contributed by atoms with Crippen molar-refractivity contribution in [3.8, 4) is 11.3 Å². The largest absolute Gasteiger partial charge is 0.387 e. The summed E-state index contributed by atoms with van der Waals surface area (Å²) in [6, 6.07) is 13.5. The van der Waals surface area contributed by atoms with Gasteiger partial charge in [0.15, 0.2) is 0 Å². The number of aromatic nitrogens is 5. The molecule has 4 aromatic heterocycles. The Morgan fingerprint density at radius 2 is 1.84 bits per heavy atom. The molecule has 0 spiro atoms. The lowest BCUT2D eigenvalue weighted by Gasteiger charge is -2.36. The molecule has 0 radical (unpaired) electrons. The van der Waals surface area contributed by atoms with E-state index in [1.807, 2.05) is 47.4 Å². The predicted molar refractivity (Wildman–Crippen MR) is 143 cm³/mol. The third-order valence-electron chi connectivity index (χ3n) is 7.22. The second kappa shape index (κ2) is 8.94. The third-order valence-corrected chi connectivity index (χ3v) is 7.22. The number of pyridine rings is 3. The number of nitrogens with one attached hydrogen (secondary N) is 1. The molecule has 0 saturated carbocycles. The van der Waals surface area contributed by atoms with Gasteiger partial charge in [0.1, 0.15) is 5.52 Å². The Morgan fingerprint density at radius 3 is 2.62 bits per heavy atom. The SMILES string of the molecule is C=C([C@@H](C)O)N1CCC(n2c(=O)[nH]c(=O)c3cnc4ccc(-c5cnc6ccccc6c5)nc4c32)CC1. The fourth-order valence-electron chi connectivity index (χ4n) is 5.19. The first-order valence-corrected chi connectivity index (χ1v) is 12.3. The van der Waals surface area contributed by atoms with Gasteiger partial charge in [0, 0.05) is 48.2 Å². The molecule has 9 nitrogen and oxygen atoms in total. The van der Waals surface area contributed by atoms with Gasteiger partial charge in [-0.25, -0.2) is 9.78 Å². The van der Waals surface area contributed by atoms with Crippen molar-refractivity contribution >= 4 is 32.8 Å². The van der Waals surface area contributed by atoms with Gasteiger partial charge in [-0.2, -0.15) is 0 Å². The number of aliphatic hydroxyl groups is 1. The summed E-state index contributed by atoms with van der Waals surface area (Å²) in [5.74, 6) is 0. The van der Waals surface area contributed by atoms with E-state index in [4.69, 9.17) is 4.98 Å². The van der Waals surface area contributed by atoms with E-state index in [0.29, 0.717) is 59.3 Å². The molecule has 5 heterocycles. The van der Waals surface area contributed by atoms with E-state index in [1.165, 1.54) is 6.20 Å². The fraction of sp³-hybridized carbons (Fsp3) is 0.250. The lowest BCUT2D eigenvalue weighted by molar-refractivity contribution is 0.151. The van der Waals surface area contributed by atoms with Gasteiger partial charge in [-0.1, -0.05) is 24.8 Å². The molecule has 1 aromatic carbocycles. The highest BCUT2D eigenvalue weighted by Gasteiger charge is 2.26. The normalized spacial score (nSPS) is 15.5. The van der Waals surface area contributed by atoms with Crippen LogP contribution in [0.5, 0.6) is 0 Å². The first-order valence-electron chi connectivity index (χ1n) is 12.3. The second-order valence-corrected chi connectivity index (χ2v) is 9.52. The number of nitrogens with zero attached hydrogens (tertiary/aromatic N) is 5. The number of hydrogen-bond acceptors (Lipinski definition) is 7. The highest BCUT2D eigenvalue weighted by Crippen LogP contribution is 2.30. The van der Waals surface area contributed by atoms with Crippen molar-refractivity contribution in [3.05, 3.63) is 88.0 Å². The molecule has 9 heteroatoms. The molecule has 0 bridgehead atoms. The summed E-state index contributed by atoms with van der Waals surface area (Å²) in [6.45, 7) is 6.98. The number of fused-ring (bicyclic) bond motifs is 4. The maximum Gasteiger partial charge on any atom is 0.329 e. The van der Waals surface area contributed by atoms with Gasteiger partial charge in [0.25, 0.3) is 5.56 Å². The highest BCUT2D eigenvalue weighted by molar-refractivity contribution is 6.01. The van der Waals surface area contributed by atoms with Crippen LogP contribution in [0, 0.1) is 0 Å². The number of likely N-dealkylation sites (tertiary alicyclic amines) is 1. The number of benzene rings is 1. The molecule has 37 heavy (non-hydrogen) atoms. The summed E-state index contributed by atoms with van der Waals surface area (Å²) < 4.78 is 1.67. The van der Waals surface area contributed by atoms with Crippen molar-refractivity contribution in [2.24, 2.45) is 0 Å². The Labute approximate surface area is 211 Å². The maximum absolute atomic E-state index is 13.2. The first-order chi connectivity index (χ1) is 17.9. The smallest absolute Gasteiger partial charge is 0.329 e. The molecule has 1 fully saturated rings. The summed E-state index contributed by atoms with van der Waals surface area (Å²) in [5, 5.41) is 11.2. The summed E-state index contributed by atoms with van der Waals surface area (Å²) >= 11 is 0. The van der Waals surface area contributed by atoms with E-state index in [9.17, 15) is 14.7 Å². The highest BCUT2D eigenvalue weighted by atomic mass is 16.3. The van der Waals surface area contributed by atoms with Crippen LogP contribution in [0.2, 0.25) is 0 Å². The molecular formula is C28H26N6O3. The summed E-state index contributed by atoms with van der Waals surface area (Å²) in [7, 11) is 0. The number of aliphatic hydroxyl groups excluding tert-OH is 1. The molecule has 1 saturated heterocycles. The Kier molecular flexibility index (Phi) is 5.57. The zero-order valence-corrected chi connectivity index (χ0v) is 20.4. The molecule has 1 atom stereocenters. The average molecular weight is 495 g/mol. The molecule has 5 aromatic rings. The van der Waals surface area contributed by atoms with Crippen LogP contribution >= 0.6 is 0 Å². The Morgan fingerprint density at radius 1 is 1.08 bits per heavy atom. The number of piperidine rings is 1. The van der Waals surface area contributed by atoms with Crippen LogP contribution < -0.4 is 11.2 Å². The summed E-state index contributed by atoms with van der Waals surface area (Å²) in [5.41, 5.74) is 3.73. The number of aromatic amines is 1. The van der Waals surface area contributed by atoms with Crippen LogP contribution in [-0.4, -0.2) is 53.7 Å². The molecule has 0 unspecified atom stereocenters. The minimum atomic E-state index is -0.629. The van der Waals surface area contributed by atoms with Crippen molar-refractivity contribution in [2.75, 3.05) is 13.1 Å². The topological polar surface area (TPSA) is 117 Å². The molecule has 186 valence electrons. The van der Waals surface area contributed by atoms with E-state index in [0.717, 1.165) is 16.5 Å². The van der Waals surface area contributed by atoms with E-state index in [-0.39, 0.29) is 6.04 Å². The average Bonchev–Trinajstić information content (AvgIpc) is 2.92. The zero-order chi connectivity index (χ0) is 25.7. The monoisotopic (exact) mass is 494 g/mol. The molecule has 1 aliphatic rings. The molecule has 0 aliphatic carbocycles. The van der Waals surface area contributed by atoms with Crippen molar-refractivity contribution in [1.82, 2.24) is 29.4 Å². The predicted octanol–water partition coefficient (Wildman–Crippen LogP) is 3.38. The standard InChI is InChI=1S/C28H26N6O3/c1-16(17(2)35)33-11-9-20(10-12-33)34-26-21(27(36)32-28(34)37)15-30-24-8-7-23(31-25(24)26)19-13-18-5-3-4-6-22(18)29-14-19/h3-8,13-15,17,20,35H,1,9-12H2,2H3,(H,32,36,37)/t17-/m1/s1. The minimum absolute atomic E-state index is 0.150. The zero-order valence-electron chi connectivity index (χ0n) is 20.4. The molecule has 0 amide bonds. The summed E-state index contributed by atoms with van der Waals surface area (Å²) in [6.07, 6.45) is 3.97. The Balaban J connectivity index is 1.51. The van der Waals surface area contributed by atoms with E-state index in [1.54, 1.807) is 17.7 Å². The van der Waals surface area contributed by atoms with E-state index < -0.39 is 17.4 Å².